The molecule has 0 fully saturated rings. The highest BCUT2D eigenvalue weighted by Crippen LogP contribution is 2.22. The number of quaternary nitrogens is 1. The molecule has 23 heavy (non-hydrogen) atoms. The van der Waals surface area contributed by atoms with Gasteiger partial charge < -0.3 is 10.2 Å². The van der Waals surface area contributed by atoms with Crippen LogP contribution in [0.25, 0.3) is 0 Å². The smallest absolute Gasteiger partial charge is 0.282 e. The molecule has 3 nitrogen and oxygen atoms in total. The molecule has 0 aromatic heterocycles. The summed E-state index contributed by atoms with van der Waals surface area (Å²) in [5.74, 6) is -0.521. The minimum Gasteiger partial charge on any atom is -0.321 e. The Morgan fingerprint density at radius 1 is 1.26 bits per heavy atom. The maximum absolute atomic E-state index is 13.1. The molecule has 0 aliphatic carbocycles. The van der Waals surface area contributed by atoms with Gasteiger partial charge in [-0.1, -0.05) is 35.9 Å². The van der Waals surface area contributed by atoms with Gasteiger partial charge in [0.1, 0.15) is 12.4 Å². The second kappa shape index (κ2) is 6.69. The third-order valence-electron chi connectivity index (χ3n) is 4.45. The van der Waals surface area contributed by atoms with Crippen LogP contribution >= 0.6 is 11.6 Å². The van der Waals surface area contributed by atoms with Gasteiger partial charge in [0.15, 0.2) is 6.04 Å². The van der Waals surface area contributed by atoms with Crippen LogP contribution in [0.15, 0.2) is 42.5 Å². The van der Waals surface area contributed by atoms with Gasteiger partial charge in [-0.3, -0.25) is 4.79 Å². The van der Waals surface area contributed by atoms with Gasteiger partial charge in [0.25, 0.3) is 5.91 Å². The molecule has 5 heteroatoms. The van der Waals surface area contributed by atoms with Gasteiger partial charge in [0.05, 0.1) is 17.3 Å². The first-order valence-corrected chi connectivity index (χ1v) is 8.09. The molecule has 1 heterocycles. The van der Waals surface area contributed by atoms with E-state index in [1.807, 2.05) is 13.0 Å². The Hall–Kier alpha value is -1.91. The normalized spacial score (nSPS) is 18.1. The predicted molar refractivity (Wildman–Crippen MR) is 89.2 cm³/mol. The summed E-state index contributed by atoms with van der Waals surface area (Å²) in [6.45, 7) is 3.67. The van der Waals surface area contributed by atoms with Crippen molar-refractivity contribution in [2.24, 2.45) is 0 Å². The summed E-state index contributed by atoms with van der Waals surface area (Å²) in [5, 5.41) is 3.01. The van der Waals surface area contributed by atoms with E-state index in [2.05, 4.69) is 23.5 Å². The van der Waals surface area contributed by atoms with Gasteiger partial charge in [-0.15, -0.1) is 0 Å². The van der Waals surface area contributed by atoms with Gasteiger partial charge in [0.2, 0.25) is 0 Å². The summed E-state index contributed by atoms with van der Waals surface area (Å²) in [4.78, 5) is 13.7. The fourth-order valence-electron chi connectivity index (χ4n) is 2.99. The molecule has 3 rings (SSSR count). The molecule has 0 saturated carbocycles. The number of halogens is 2. The quantitative estimate of drug-likeness (QED) is 0.889. The number of anilines is 1. The van der Waals surface area contributed by atoms with Crippen molar-refractivity contribution in [3.63, 3.8) is 0 Å². The van der Waals surface area contributed by atoms with Crippen LogP contribution in [0.1, 0.15) is 18.1 Å². The molecule has 2 N–H and O–H groups in total. The van der Waals surface area contributed by atoms with Gasteiger partial charge in [-0.25, -0.2) is 4.39 Å². The van der Waals surface area contributed by atoms with E-state index in [4.69, 9.17) is 11.6 Å². The molecule has 0 bridgehead atoms. The van der Waals surface area contributed by atoms with Crippen molar-refractivity contribution in [3.8, 4) is 0 Å². The van der Waals surface area contributed by atoms with Crippen LogP contribution in [-0.2, 0) is 17.8 Å². The Balaban J connectivity index is 1.68. The third kappa shape index (κ3) is 3.54. The van der Waals surface area contributed by atoms with Gasteiger partial charge >= 0.3 is 0 Å². The SMILES string of the molecule is C[C@@H](C(=O)Nc1ccc(F)cc1Cl)[NH+]1CCc2ccccc2C1. The van der Waals surface area contributed by atoms with Gasteiger partial charge in [0, 0.05) is 12.0 Å². The second-order valence-corrected chi connectivity index (χ2v) is 6.35. The van der Waals surface area contributed by atoms with Crippen molar-refractivity contribution in [1.82, 2.24) is 0 Å². The number of benzene rings is 2. The number of fused-ring (bicyclic) bond motifs is 1. The van der Waals surface area contributed by atoms with E-state index >= 15 is 0 Å². The lowest BCUT2D eigenvalue weighted by Crippen LogP contribution is -3.16. The fraction of sp³-hybridized carbons (Fsp3) is 0.278. The van der Waals surface area contributed by atoms with Crippen LogP contribution < -0.4 is 10.2 Å². The van der Waals surface area contributed by atoms with Crippen LogP contribution in [0.5, 0.6) is 0 Å². The number of hydrogen-bond donors (Lipinski definition) is 2. The summed E-state index contributed by atoms with van der Waals surface area (Å²) in [7, 11) is 0. The topological polar surface area (TPSA) is 33.5 Å². The highest BCUT2D eigenvalue weighted by molar-refractivity contribution is 6.33. The monoisotopic (exact) mass is 333 g/mol. The summed E-state index contributed by atoms with van der Waals surface area (Å²) in [5.41, 5.74) is 3.11. The molecule has 1 aliphatic rings. The Morgan fingerprint density at radius 2 is 2.00 bits per heavy atom. The Labute approximate surface area is 140 Å². The van der Waals surface area contributed by atoms with Crippen molar-refractivity contribution in [3.05, 3.63) is 64.4 Å². The lowest BCUT2D eigenvalue weighted by Gasteiger charge is -2.30. The van der Waals surface area contributed by atoms with Crippen molar-refractivity contribution < 1.29 is 14.1 Å². The van der Waals surface area contributed by atoms with Crippen LogP contribution in [0, 0.1) is 5.82 Å². The van der Waals surface area contributed by atoms with Crippen LogP contribution in [-0.4, -0.2) is 18.5 Å². The minimum atomic E-state index is -0.417. The maximum atomic E-state index is 13.1. The first kappa shape index (κ1) is 16.0. The van der Waals surface area contributed by atoms with E-state index < -0.39 is 5.82 Å². The van der Waals surface area contributed by atoms with Crippen molar-refractivity contribution in [2.45, 2.75) is 25.9 Å². The highest BCUT2D eigenvalue weighted by atomic mass is 35.5. The number of carbonyl (C=O) groups excluding carboxylic acids is 1. The second-order valence-electron chi connectivity index (χ2n) is 5.94. The molecule has 0 radical (unpaired) electrons. The minimum absolute atomic E-state index is 0.104. The van der Waals surface area contributed by atoms with E-state index in [-0.39, 0.29) is 17.0 Å². The first-order valence-electron chi connectivity index (χ1n) is 7.72. The van der Waals surface area contributed by atoms with E-state index in [1.165, 1.54) is 34.2 Å². The van der Waals surface area contributed by atoms with E-state index in [0.29, 0.717) is 5.69 Å². The molecule has 2 atom stereocenters. The number of carbonyl (C=O) groups is 1. The lowest BCUT2D eigenvalue weighted by molar-refractivity contribution is -0.929. The predicted octanol–water partition coefficient (Wildman–Crippen LogP) is 2.45. The molecular weight excluding hydrogens is 315 g/mol. The zero-order chi connectivity index (χ0) is 16.4. The average molecular weight is 334 g/mol. The van der Waals surface area contributed by atoms with Crippen LogP contribution in [0.4, 0.5) is 10.1 Å². The van der Waals surface area contributed by atoms with Gasteiger partial charge in [-0.05, 0) is 30.7 Å². The standard InChI is InChI=1S/C18H18ClFN2O/c1-12(18(23)21-17-7-6-15(20)10-16(17)19)22-9-8-13-4-2-3-5-14(13)11-22/h2-7,10,12H,8-9,11H2,1H3,(H,21,23)/p+1/t12-/m0/s1. The molecule has 1 aliphatic heterocycles. The average Bonchev–Trinajstić information content (AvgIpc) is 2.56. The van der Waals surface area contributed by atoms with Crippen LogP contribution in [0.2, 0.25) is 5.02 Å². The Morgan fingerprint density at radius 3 is 2.74 bits per heavy atom. The molecule has 2 aromatic carbocycles. The Bertz CT molecular complexity index is 735. The largest absolute Gasteiger partial charge is 0.321 e. The molecule has 120 valence electrons. The van der Waals surface area contributed by atoms with E-state index in [0.717, 1.165) is 19.5 Å². The number of hydrogen-bond acceptors (Lipinski definition) is 1. The van der Waals surface area contributed by atoms with Crippen LogP contribution in [0.3, 0.4) is 0 Å². The summed E-state index contributed by atoms with van der Waals surface area (Å²) < 4.78 is 13.1. The van der Waals surface area contributed by atoms with E-state index in [9.17, 15) is 9.18 Å². The first-order chi connectivity index (χ1) is 11.0. The molecular formula is C18H19ClFN2O+. The maximum Gasteiger partial charge on any atom is 0.282 e. The molecule has 0 spiro atoms. The number of nitrogens with one attached hydrogen (secondary N) is 2. The zero-order valence-corrected chi connectivity index (χ0v) is 13.7. The zero-order valence-electron chi connectivity index (χ0n) is 12.9. The molecule has 1 amide bonds. The van der Waals surface area contributed by atoms with Crippen molar-refractivity contribution in [2.75, 3.05) is 11.9 Å². The third-order valence-corrected chi connectivity index (χ3v) is 4.76. The summed E-state index contributed by atoms with van der Waals surface area (Å²) in [6.07, 6.45) is 0.973. The fourth-order valence-corrected chi connectivity index (χ4v) is 3.20. The molecule has 1 unspecified atom stereocenters. The van der Waals surface area contributed by atoms with Crippen molar-refractivity contribution >= 4 is 23.2 Å². The number of rotatable bonds is 3. The summed E-state index contributed by atoms with van der Waals surface area (Å²) >= 11 is 5.97. The van der Waals surface area contributed by atoms with E-state index in [1.54, 1.807) is 0 Å². The lowest BCUT2D eigenvalue weighted by atomic mass is 9.99. The highest BCUT2D eigenvalue weighted by Gasteiger charge is 2.29. The van der Waals surface area contributed by atoms with Crippen molar-refractivity contribution in [1.29, 1.82) is 0 Å². The number of amides is 1. The molecule has 2 aromatic rings. The molecule has 0 saturated heterocycles. The summed E-state index contributed by atoms with van der Waals surface area (Å²) in [6, 6.07) is 12.1. The Kier molecular flexibility index (Phi) is 4.64. The van der Waals surface area contributed by atoms with Gasteiger partial charge in [-0.2, -0.15) is 0 Å².